The summed E-state index contributed by atoms with van der Waals surface area (Å²) in [5.74, 6) is 0.377. The van der Waals surface area contributed by atoms with E-state index in [1.54, 1.807) is 31.2 Å². The smallest absolute Gasteiger partial charge is 0.306 e. The third kappa shape index (κ3) is 6.24. The van der Waals surface area contributed by atoms with Gasteiger partial charge in [0.2, 0.25) is 0 Å². The Morgan fingerprint density at radius 1 is 0.967 bits per heavy atom. The van der Waals surface area contributed by atoms with Gasteiger partial charge in [0.05, 0.1) is 6.61 Å². The number of aromatic hydroxyl groups is 1. The number of carbonyl (C=O) groups excluding carboxylic acids is 1. The molecule has 3 rings (SSSR count). The number of ether oxygens (including phenoxy) is 3. The summed E-state index contributed by atoms with van der Waals surface area (Å²) in [7, 11) is 0. The molecule has 0 saturated carbocycles. The number of para-hydroxylation sites is 1. The number of carbonyl (C=O) groups is 1. The lowest BCUT2D eigenvalue weighted by molar-refractivity contribution is -0.143. The Balaban J connectivity index is 1.61. The lowest BCUT2D eigenvalue weighted by Gasteiger charge is -2.11. The Morgan fingerprint density at radius 3 is 2.50 bits per heavy atom. The first-order valence-corrected chi connectivity index (χ1v) is 9.66. The number of hydrogen-bond donors (Lipinski definition) is 1. The lowest BCUT2D eigenvalue weighted by atomic mass is 10.1. The van der Waals surface area contributed by atoms with E-state index in [1.165, 1.54) is 24.3 Å². The maximum Gasteiger partial charge on any atom is 0.306 e. The van der Waals surface area contributed by atoms with Crippen LogP contribution in [-0.2, 0) is 22.6 Å². The molecule has 0 radical (unpaired) electrons. The Kier molecular flexibility index (Phi) is 7.27. The molecule has 0 atom stereocenters. The molecule has 156 valence electrons. The van der Waals surface area contributed by atoms with E-state index in [0.717, 1.165) is 0 Å². The van der Waals surface area contributed by atoms with Crippen molar-refractivity contribution >= 4 is 5.97 Å². The fourth-order valence-corrected chi connectivity index (χ4v) is 2.87. The van der Waals surface area contributed by atoms with Crippen LogP contribution in [0.3, 0.4) is 0 Å². The van der Waals surface area contributed by atoms with E-state index in [-0.39, 0.29) is 30.5 Å². The summed E-state index contributed by atoms with van der Waals surface area (Å²) in [4.78, 5) is 11.4. The number of halogens is 1. The molecule has 0 saturated heterocycles. The molecule has 0 unspecified atom stereocenters. The van der Waals surface area contributed by atoms with Gasteiger partial charge in [0.25, 0.3) is 0 Å². The van der Waals surface area contributed by atoms with Crippen molar-refractivity contribution in [1.29, 1.82) is 0 Å². The molecule has 1 N–H and O–H groups in total. The summed E-state index contributed by atoms with van der Waals surface area (Å²) < 4.78 is 30.5. The van der Waals surface area contributed by atoms with Crippen LogP contribution in [0.25, 0.3) is 0 Å². The second-order valence-corrected chi connectivity index (χ2v) is 6.61. The van der Waals surface area contributed by atoms with E-state index >= 15 is 0 Å². The van der Waals surface area contributed by atoms with Crippen LogP contribution >= 0.6 is 0 Å². The molecule has 3 aromatic rings. The summed E-state index contributed by atoms with van der Waals surface area (Å²) in [5, 5.41) is 9.95. The van der Waals surface area contributed by atoms with Crippen molar-refractivity contribution in [1.82, 2.24) is 0 Å². The SMILES string of the molecule is CCOC(=O)CCc1ccc(OCc2cc(O)cc(Oc3ccccc3)c2)c(F)c1. The molecule has 0 fully saturated rings. The molecule has 0 aliphatic carbocycles. The zero-order chi connectivity index (χ0) is 21.3. The molecule has 0 amide bonds. The van der Waals surface area contributed by atoms with Crippen LogP contribution in [0.4, 0.5) is 4.39 Å². The average molecular weight is 410 g/mol. The maximum absolute atomic E-state index is 14.4. The Morgan fingerprint density at radius 2 is 1.77 bits per heavy atom. The number of phenolic OH excluding ortho intramolecular Hbond substituents is 1. The predicted molar refractivity (Wildman–Crippen MR) is 110 cm³/mol. The van der Waals surface area contributed by atoms with Gasteiger partial charge in [-0.1, -0.05) is 24.3 Å². The Labute approximate surface area is 174 Å². The molecule has 0 heterocycles. The average Bonchev–Trinajstić information content (AvgIpc) is 2.72. The van der Waals surface area contributed by atoms with Crippen molar-refractivity contribution in [2.24, 2.45) is 0 Å². The van der Waals surface area contributed by atoms with Crippen LogP contribution in [0.2, 0.25) is 0 Å². The zero-order valence-electron chi connectivity index (χ0n) is 16.6. The van der Waals surface area contributed by atoms with E-state index in [9.17, 15) is 14.3 Å². The Bertz CT molecular complexity index is 988. The molecule has 6 heteroatoms. The zero-order valence-corrected chi connectivity index (χ0v) is 16.6. The standard InChI is InChI=1S/C24H23FO5/c1-2-28-24(27)11-9-17-8-10-23(22(25)14-17)29-16-18-12-19(26)15-21(13-18)30-20-6-4-3-5-7-20/h3-8,10,12-15,26H,2,9,11,16H2,1H3. The van der Waals surface area contributed by atoms with Gasteiger partial charge in [0.15, 0.2) is 11.6 Å². The van der Waals surface area contributed by atoms with E-state index in [1.807, 2.05) is 18.2 Å². The molecule has 0 aliphatic heterocycles. The summed E-state index contributed by atoms with van der Waals surface area (Å²) in [6, 6.07) is 18.5. The van der Waals surface area contributed by atoms with Crippen LogP contribution < -0.4 is 9.47 Å². The minimum atomic E-state index is -0.516. The van der Waals surface area contributed by atoms with Crippen LogP contribution in [0, 0.1) is 5.82 Å². The third-order valence-corrected chi connectivity index (χ3v) is 4.24. The lowest BCUT2D eigenvalue weighted by Crippen LogP contribution is -2.05. The minimum Gasteiger partial charge on any atom is -0.508 e. The van der Waals surface area contributed by atoms with Gasteiger partial charge in [-0.2, -0.15) is 0 Å². The summed E-state index contributed by atoms with van der Waals surface area (Å²) in [6.07, 6.45) is 0.587. The van der Waals surface area contributed by atoms with Crippen molar-refractivity contribution in [2.45, 2.75) is 26.4 Å². The first-order valence-electron chi connectivity index (χ1n) is 9.66. The molecule has 0 aromatic heterocycles. The number of rotatable bonds is 9. The third-order valence-electron chi connectivity index (χ3n) is 4.24. The van der Waals surface area contributed by atoms with Gasteiger partial charge in [0, 0.05) is 12.5 Å². The van der Waals surface area contributed by atoms with E-state index in [0.29, 0.717) is 35.7 Å². The van der Waals surface area contributed by atoms with Crippen molar-refractivity contribution in [2.75, 3.05) is 6.61 Å². The van der Waals surface area contributed by atoms with Crippen LogP contribution in [0.15, 0.2) is 66.7 Å². The highest BCUT2D eigenvalue weighted by Crippen LogP contribution is 2.28. The van der Waals surface area contributed by atoms with E-state index < -0.39 is 5.82 Å². The second-order valence-electron chi connectivity index (χ2n) is 6.61. The van der Waals surface area contributed by atoms with Crippen molar-refractivity contribution < 1.29 is 28.5 Å². The van der Waals surface area contributed by atoms with Crippen molar-refractivity contribution in [3.05, 3.63) is 83.7 Å². The van der Waals surface area contributed by atoms with Crippen LogP contribution in [0.1, 0.15) is 24.5 Å². The molecule has 0 spiro atoms. The minimum absolute atomic E-state index is 0.0248. The molecular formula is C24H23FO5. The van der Waals surface area contributed by atoms with Crippen molar-refractivity contribution in [3.63, 3.8) is 0 Å². The molecular weight excluding hydrogens is 387 g/mol. The molecule has 30 heavy (non-hydrogen) atoms. The molecule has 0 aliphatic rings. The van der Waals surface area contributed by atoms with Gasteiger partial charge in [-0.05, 0) is 60.9 Å². The van der Waals surface area contributed by atoms with Gasteiger partial charge in [0.1, 0.15) is 23.9 Å². The quantitative estimate of drug-likeness (QED) is 0.479. The number of hydrogen-bond acceptors (Lipinski definition) is 5. The summed E-state index contributed by atoms with van der Waals surface area (Å²) >= 11 is 0. The molecule has 5 nitrogen and oxygen atoms in total. The first-order chi connectivity index (χ1) is 14.5. The highest BCUT2D eigenvalue weighted by Gasteiger charge is 2.09. The fraction of sp³-hybridized carbons (Fsp3) is 0.208. The monoisotopic (exact) mass is 410 g/mol. The van der Waals surface area contributed by atoms with E-state index in [4.69, 9.17) is 14.2 Å². The fourth-order valence-electron chi connectivity index (χ4n) is 2.87. The van der Waals surface area contributed by atoms with Gasteiger partial charge in [-0.25, -0.2) is 4.39 Å². The van der Waals surface area contributed by atoms with Gasteiger partial charge in [-0.15, -0.1) is 0 Å². The number of esters is 1. The van der Waals surface area contributed by atoms with Crippen LogP contribution in [0.5, 0.6) is 23.0 Å². The number of aryl methyl sites for hydroxylation is 1. The second kappa shape index (κ2) is 10.3. The first kappa shape index (κ1) is 21.2. The summed E-state index contributed by atoms with van der Waals surface area (Å²) in [6.45, 7) is 2.12. The topological polar surface area (TPSA) is 65.0 Å². The highest BCUT2D eigenvalue weighted by atomic mass is 19.1. The normalized spacial score (nSPS) is 10.5. The largest absolute Gasteiger partial charge is 0.508 e. The van der Waals surface area contributed by atoms with Gasteiger partial charge >= 0.3 is 5.97 Å². The predicted octanol–water partition coefficient (Wildman–Crippen LogP) is 5.40. The highest BCUT2D eigenvalue weighted by molar-refractivity contribution is 5.69. The van der Waals surface area contributed by atoms with E-state index in [2.05, 4.69) is 0 Å². The number of phenols is 1. The van der Waals surface area contributed by atoms with Gasteiger partial charge in [-0.3, -0.25) is 4.79 Å². The van der Waals surface area contributed by atoms with Crippen molar-refractivity contribution in [3.8, 4) is 23.0 Å². The number of benzene rings is 3. The molecule has 0 bridgehead atoms. The summed E-state index contributed by atoms with van der Waals surface area (Å²) in [5.41, 5.74) is 1.32. The van der Waals surface area contributed by atoms with Gasteiger partial charge < -0.3 is 19.3 Å². The van der Waals surface area contributed by atoms with Crippen LogP contribution in [-0.4, -0.2) is 17.7 Å². The molecule has 3 aromatic carbocycles. The maximum atomic E-state index is 14.4. The Hall–Kier alpha value is -3.54.